The smallest absolute Gasteiger partial charge is 0.311 e. The molecule has 0 aliphatic rings. The molecular weight excluding hydrogens is 334 g/mol. The number of nitrogens with zero attached hydrogens (tertiary/aromatic N) is 1. The molecule has 0 aliphatic heterocycles. The lowest BCUT2D eigenvalue weighted by atomic mass is 10.3. The van der Waals surface area contributed by atoms with Crippen molar-refractivity contribution in [3.05, 3.63) is 34.4 Å². The van der Waals surface area contributed by atoms with E-state index in [-0.39, 0.29) is 30.9 Å². The highest BCUT2D eigenvalue weighted by atomic mass is 79.9. The van der Waals surface area contributed by atoms with Crippen LogP contribution in [0.4, 0.5) is 5.69 Å². The van der Waals surface area contributed by atoms with Crippen molar-refractivity contribution in [1.29, 1.82) is 0 Å². The molecular formula is C12H12BrNO6. The van der Waals surface area contributed by atoms with E-state index in [0.29, 0.717) is 5.33 Å². The first-order chi connectivity index (χ1) is 9.52. The molecule has 0 amide bonds. The minimum absolute atomic E-state index is 0.0706. The predicted molar refractivity (Wildman–Crippen MR) is 72.7 cm³/mol. The molecule has 0 spiro atoms. The Morgan fingerprint density at radius 1 is 1.15 bits per heavy atom. The van der Waals surface area contributed by atoms with Crippen LogP contribution in [0.15, 0.2) is 24.3 Å². The van der Waals surface area contributed by atoms with E-state index in [1.165, 1.54) is 24.3 Å². The Hall–Kier alpha value is -1.96. The second-order valence-corrected chi connectivity index (χ2v) is 4.43. The lowest BCUT2D eigenvalue weighted by molar-refractivity contribution is -0.384. The number of alkyl halides is 1. The maximum Gasteiger partial charge on any atom is 0.311 e. The third-order valence-electron chi connectivity index (χ3n) is 2.15. The zero-order chi connectivity index (χ0) is 15.0. The molecule has 7 nitrogen and oxygen atoms in total. The van der Waals surface area contributed by atoms with Crippen LogP contribution in [-0.4, -0.2) is 28.8 Å². The van der Waals surface area contributed by atoms with Crippen molar-refractivity contribution in [2.45, 2.75) is 12.8 Å². The van der Waals surface area contributed by atoms with Gasteiger partial charge in [0.15, 0.2) is 0 Å². The highest BCUT2D eigenvalue weighted by Gasteiger charge is 2.11. The minimum Gasteiger partial charge on any atom is -0.465 e. The number of hydrogen-bond acceptors (Lipinski definition) is 6. The quantitative estimate of drug-likeness (QED) is 0.247. The second-order valence-electron chi connectivity index (χ2n) is 3.63. The van der Waals surface area contributed by atoms with E-state index >= 15 is 0 Å². The van der Waals surface area contributed by atoms with Crippen LogP contribution in [0.1, 0.15) is 12.8 Å². The molecule has 0 bridgehead atoms. The molecule has 0 N–H and O–H groups in total. The maximum absolute atomic E-state index is 11.4. The topological polar surface area (TPSA) is 95.7 Å². The average Bonchev–Trinajstić information content (AvgIpc) is 2.43. The van der Waals surface area contributed by atoms with E-state index in [4.69, 9.17) is 9.47 Å². The number of halogens is 1. The molecule has 0 aliphatic carbocycles. The number of rotatable bonds is 7. The number of nitro groups is 1. The third-order valence-corrected chi connectivity index (χ3v) is 2.48. The summed E-state index contributed by atoms with van der Waals surface area (Å²) in [6.45, 7) is 0.246. The summed E-state index contributed by atoms with van der Waals surface area (Å²) in [6.07, 6.45) is -0.184. The molecule has 8 heteroatoms. The van der Waals surface area contributed by atoms with Gasteiger partial charge in [0, 0.05) is 17.5 Å². The summed E-state index contributed by atoms with van der Waals surface area (Å²) in [5.74, 6) is -0.894. The SMILES string of the molecule is O=C(CCC(=O)Oc1ccc([N+](=O)[O-])cc1)OCCBr. The minimum atomic E-state index is -0.602. The summed E-state index contributed by atoms with van der Waals surface area (Å²) >= 11 is 3.10. The van der Waals surface area contributed by atoms with Gasteiger partial charge in [-0.3, -0.25) is 19.7 Å². The molecule has 1 aromatic carbocycles. The number of non-ortho nitro benzene ring substituents is 1. The van der Waals surface area contributed by atoms with Crippen LogP contribution in [0.2, 0.25) is 0 Å². The highest BCUT2D eigenvalue weighted by Crippen LogP contribution is 2.17. The third kappa shape index (κ3) is 5.79. The van der Waals surface area contributed by atoms with Crippen LogP contribution in [0, 0.1) is 10.1 Å². The van der Waals surface area contributed by atoms with Crippen molar-refractivity contribution in [2.75, 3.05) is 11.9 Å². The van der Waals surface area contributed by atoms with E-state index < -0.39 is 16.9 Å². The fraction of sp³-hybridized carbons (Fsp3) is 0.333. The molecule has 0 heterocycles. The van der Waals surface area contributed by atoms with Gasteiger partial charge in [-0.1, -0.05) is 15.9 Å². The summed E-state index contributed by atoms with van der Waals surface area (Å²) < 4.78 is 9.69. The number of benzene rings is 1. The summed E-state index contributed by atoms with van der Waals surface area (Å²) in [7, 11) is 0. The molecule has 0 atom stereocenters. The van der Waals surface area contributed by atoms with Crippen molar-refractivity contribution < 1.29 is 24.0 Å². The Balaban J connectivity index is 2.38. The van der Waals surface area contributed by atoms with Gasteiger partial charge in [-0.05, 0) is 12.1 Å². The van der Waals surface area contributed by atoms with Gasteiger partial charge in [-0.2, -0.15) is 0 Å². The molecule has 0 fully saturated rings. The number of carbonyl (C=O) groups is 2. The molecule has 0 unspecified atom stereocenters. The molecule has 0 aromatic heterocycles. The predicted octanol–water partition coefficient (Wildman–Crippen LogP) is 2.22. The molecule has 1 rings (SSSR count). The van der Waals surface area contributed by atoms with Gasteiger partial charge < -0.3 is 9.47 Å². The van der Waals surface area contributed by atoms with E-state index in [1.807, 2.05) is 0 Å². The zero-order valence-corrected chi connectivity index (χ0v) is 12.0. The van der Waals surface area contributed by atoms with Gasteiger partial charge >= 0.3 is 11.9 Å². The van der Waals surface area contributed by atoms with E-state index in [0.717, 1.165) is 0 Å². The maximum atomic E-state index is 11.4. The lowest BCUT2D eigenvalue weighted by Gasteiger charge is -2.04. The van der Waals surface area contributed by atoms with Crippen molar-refractivity contribution in [2.24, 2.45) is 0 Å². The van der Waals surface area contributed by atoms with E-state index in [9.17, 15) is 19.7 Å². The number of ether oxygens (including phenoxy) is 2. The molecule has 0 saturated heterocycles. The monoisotopic (exact) mass is 345 g/mol. The van der Waals surface area contributed by atoms with Crippen molar-refractivity contribution >= 4 is 33.6 Å². The molecule has 20 heavy (non-hydrogen) atoms. The Labute approximate surface area is 123 Å². The standard InChI is InChI=1S/C12H12BrNO6/c13-7-8-19-11(15)5-6-12(16)20-10-3-1-9(2-4-10)14(17)18/h1-4H,5-8H2. The Kier molecular flexibility index (Phi) is 6.65. The van der Waals surface area contributed by atoms with Crippen LogP contribution in [0.3, 0.4) is 0 Å². The summed E-state index contributed by atoms with van der Waals surface area (Å²) in [5.41, 5.74) is -0.0943. The zero-order valence-electron chi connectivity index (χ0n) is 10.4. The fourth-order valence-electron chi connectivity index (χ4n) is 1.25. The molecule has 108 valence electrons. The van der Waals surface area contributed by atoms with Gasteiger partial charge in [0.2, 0.25) is 0 Å². The Bertz CT molecular complexity index is 487. The van der Waals surface area contributed by atoms with Crippen LogP contribution in [0.25, 0.3) is 0 Å². The number of nitro benzene ring substituents is 1. The summed E-state index contributed by atoms with van der Waals surface area (Å²) in [6, 6.07) is 5.10. The molecule has 1 aromatic rings. The lowest BCUT2D eigenvalue weighted by Crippen LogP contribution is -2.13. The Morgan fingerprint density at radius 3 is 2.30 bits per heavy atom. The summed E-state index contributed by atoms with van der Waals surface area (Å²) in [4.78, 5) is 32.5. The first kappa shape index (κ1) is 16.1. The van der Waals surface area contributed by atoms with E-state index in [2.05, 4.69) is 15.9 Å². The van der Waals surface area contributed by atoms with Crippen molar-refractivity contribution in [3.63, 3.8) is 0 Å². The van der Waals surface area contributed by atoms with Crippen LogP contribution in [-0.2, 0) is 14.3 Å². The second kappa shape index (κ2) is 8.26. The highest BCUT2D eigenvalue weighted by molar-refractivity contribution is 9.09. The molecule has 0 saturated carbocycles. The first-order valence-electron chi connectivity index (χ1n) is 5.69. The fourth-order valence-corrected chi connectivity index (χ4v) is 1.41. The van der Waals surface area contributed by atoms with Gasteiger partial charge in [-0.25, -0.2) is 0 Å². The largest absolute Gasteiger partial charge is 0.465 e. The summed E-state index contributed by atoms with van der Waals surface area (Å²) in [5, 5.41) is 11.0. The van der Waals surface area contributed by atoms with Crippen LogP contribution in [0.5, 0.6) is 5.75 Å². The number of hydrogen-bond donors (Lipinski definition) is 0. The average molecular weight is 346 g/mol. The van der Waals surface area contributed by atoms with Gasteiger partial charge in [0.25, 0.3) is 5.69 Å². The number of esters is 2. The number of carbonyl (C=O) groups excluding carboxylic acids is 2. The Morgan fingerprint density at radius 2 is 1.75 bits per heavy atom. The van der Waals surface area contributed by atoms with Gasteiger partial charge in [-0.15, -0.1) is 0 Å². The van der Waals surface area contributed by atoms with E-state index in [1.54, 1.807) is 0 Å². The van der Waals surface area contributed by atoms with Crippen LogP contribution < -0.4 is 4.74 Å². The van der Waals surface area contributed by atoms with Crippen LogP contribution >= 0.6 is 15.9 Å². The first-order valence-corrected chi connectivity index (χ1v) is 6.82. The van der Waals surface area contributed by atoms with Gasteiger partial charge in [0.05, 0.1) is 17.8 Å². The normalized spacial score (nSPS) is 9.85. The molecule has 0 radical (unpaired) electrons. The van der Waals surface area contributed by atoms with Crippen molar-refractivity contribution in [3.8, 4) is 5.75 Å². The van der Waals surface area contributed by atoms with Crippen molar-refractivity contribution in [1.82, 2.24) is 0 Å². The van der Waals surface area contributed by atoms with Gasteiger partial charge in [0.1, 0.15) is 12.4 Å².